The van der Waals surface area contributed by atoms with Crippen LogP contribution in [0.5, 0.6) is 5.75 Å². The van der Waals surface area contributed by atoms with Crippen molar-refractivity contribution >= 4 is 29.0 Å². The van der Waals surface area contributed by atoms with Gasteiger partial charge in [-0.05, 0) is 63.2 Å². The van der Waals surface area contributed by atoms with Crippen LogP contribution in [-0.2, 0) is 25.5 Å². The average molecular weight is 527 g/mol. The first-order chi connectivity index (χ1) is 18.2. The fourth-order valence-corrected chi connectivity index (χ4v) is 3.29. The number of benzene rings is 2. The van der Waals surface area contributed by atoms with Gasteiger partial charge in [-0.25, -0.2) is 0 Å². The van der Waals surface area contributed by atoms with Crippen LogP contribution in [0.1, 0.15) is 38.8 Å². The predicted octanol–water partition coefficient (Wildman–Crippen LogP) is 3.25. The Labute approximate surface area is 225 Å². The maximum atomic E-state index is 12.4. The second-order valence-electron chi connectivity index (χ2n) is 8.60. The molecule has 0 unspecified atom stereocenters. The first kappa shape index (κ1) is 32.3. The number of nitrogens with one attached hydrogen (secondary N) is 4. The number of ether oxygens (including phenoxy) is 1. The van der Waals surface area contributed by atoms with E-state index >= 15 is 0 Å². The van der Waals surface area contributed by atoms with Gasteiger partial charge in [0.1, 0.15) is 11.4 Å². The molecule has 208 valence electrons. The summed E-state index contributed by atoms with van der Waals surface area (Å²) in [5, 5.41) is 18.4. The SMILES string of the molecule is CC.CCNC.C[C@]1(C(=O)[C@H](Cc2ccc(O)cc2)NC(=O)CNC=O)CO1.Cc1c[nH]c2ccccc12. The topological polar surface area (TPSA) is 136 Å². The summed E-state index contributed by atoms with van der Waals surface area (Å²) in [6.45, 7) is 11.1. The second-order valence-corrected chi connectivity index (χ2v) is 8.60. The van der Waals surface area contributed by atoms with Crippen molar-refractivity contribution in [1.82, 2.24) is 20.9 Å². The second kappa shape index (κ2) is 16.9. The van der Waals surface area contributed by atoms with E-state index in [0.29, 0.717) is 13.0 Å². The van der Waals surface area contributed by atoms with Gasteiger partial charge in [-0.15, -0.1) is 0 Å². The lowest BCUT2D eigenvalue weighted by Crippen LogP contribution is -2.49. The molecule has 2 amide bonds. The van der Waals surface area contributed by atoms with E-state index < -0.39 is 17.6 Å². The third-order valence-electron chi connectivity index (χ3n) is 5.62. The van der Waals surface area contributed by atoms with Gasteiger partial charge in [0, 0.05) is 17.1 Å². The number of para-hydroxylation sites is 1. The van der Waals surface area contributed by atoms with E-state index in [9.17, 15) is 19.5 Å². The lowest BCUT2D eigenvalue weighted by atomic mass is 9.95. The summed E-state index contributed by atoms with van der Waals surface area (Å²) in [5.74, 6) is -0.531. The number of hydrogen-bond acceptors (Lipinski definition) is 6. The molecule has 1 fully saturated rings. The summed E-state index contributed by atoms with van der Waals surface area (Å²) < 4.78 is 5.15. The Hall–Kier alpha value is -3.69. The zero-order valence-electron chi connectivity index (χ0n) is 23.3. The summed E-state index contributed by atoms with van der Waals surface area (Å²) in [5.41, 5.74) is 2.48. The van der Waals surface area contributed by atoms with Crippen LogP contribution in [0.15, 0.2) is 54.7 Å². The number of carbonyl (C=O) groups is 3. The van der Waals surface area contributed by atoms with Gasteiger partial charge in [0.05, 0.1) is 19.2 Å². The Balaban J connectivity index is 0.000000370. The predicted molar refractivity (Wildman–Crippen MR) is 151 cm³/mol. The molecule has 0 radical (unpaired) electrons. The standard InChI is InChI=1S/C15H18N2O5.C9H9N.C3H9N.C2H6/c1-15(8-22-15)14(21)12(17-13(20)7-16-9-18)6-10-2-4-11(19)5-3-10;1-7-6-10-9-5-3-2-4-8(7)9;1-3-4-2;1-2/h2-5,9,12,19H,6-8H2,1H3,(H,16,18)(H,17,20);2-6,10H,1H3;4H,3H2,1-2H3;1-2H3/t12-,15+;;;/m0.../s1. The molecule has 0 bridgehead atoms. The Kier molecular flexibility index (Phi) is 14.4. The number of carbonyl (C=O) groups excluding carboxylic acids is 3. The molecule has 1 aromatic heterocycles. The number of amides is 2. The van der Waals surface area contributed by atoms with E-state index in [1.165, 1.54) is 28.6 Å². The number of ketones is 1. The highest BCUT2D eigenvalue weighted by Crippen LogP contribution is 2.29. The molecule has 0 spiro atoms. The zero-order chi connectivity index (χ0) is 28.6. The van der Waals surface area contributed by atoms with Crippen molar-refractivity contribution in [3.63, 3.8) is 0 Å². The Morgan fingerprint density at radius 2 is 1.76 bits per heavy atom. The van der Waals surface area contributed by atoms with Crippen LogP contribution in [0.4, 0.5) is 0 Å². The number of aromatic nitrogens is 1. The minimum atomic E-state index is -0.854. The Morgan fingerprint density at radius 1 is 1.16 bits per heavy atom. The van der Waals surface area contributed by atoms with Gasteiger partial charge >= 0.3 is 0 Å². The molecular weight excluding hydrogens is 484 g/mol. The molecule has 9 nitrogen and oxygen atoms in total. The fourth-order valence-electron chi connectivity index (χ4n) is 3.29. The monoisotopic (exact) mass is 526 g/mol. The molecule has 38 heavy (non-hydrogen) atoms. The third kappa shape index (κ3) is 10.7. The summed E-state index contributed by atoms with van der Waals surface area (Å²) in [4.78, 5) is 37.6. The molecule has 1 aliphatic heterocycles. The largest absolute Gasteiger partial charge is 0.508 e. The highest BCUT2D eigenvalue weighted by atomic mass is 16.6. The molecule has 0 saturated carbocycles. The van der Waals surface area contributed by atoms with Gasteiger partial charge in [0.15, 0.2) is 5.78 Å². The fraction of sp³-hybridized carbons (Fsp3) is 0.414. The smallest absolute Gasteiger partial charge is 0.239 e. The maximum Gasteiger partial charge on any atom is 0.239 e. The Bertz CT molecular complexity index is 1120. The number of Topliss-reactive ketones (excluding diaryl/α,β-unsaturated/α-hetero) is 1. The maximum absolute atomic E-state index is 12.4. The van der Waals surface area contributed by atoms with E-state index in [4.69, 9.17) is 4.74 Å². The van der Waals surface area contributed by atoms with E-state index in [1.807, 2.05) is 33.2 Å². The number of H-pyrrole nitrogens is 1. The molecule has 5 N–H and O–H groups in total. The quantitative estimate of drug-likeness (QED) is 0.215. The first-order valence-corrected chi connectivity index (χ1v) is 12.8. The lowest BCUT2D eigenvalue weighted by Gasteiger charge is -2.19. The average Bonchev–Trinajstić information content (AvgIpc) is 3.60. The number of hydrogen-bond donors (Lipinski definition) is 5. The number of epoxide rings is 1. The summed E-state index contributed by atoms with van der Waals surface area (Å²) >= 11 is 0. The normalized spacial score (nSPS) is 15.7. The number of rotatable bonds is 9. The highest BCUT2D eigenvalue weighted by molar-refractivity contribution is 5.97. The van der Waals surface area contributed by atoms with E-state index in [2.05, 4.69) is 53.0 Å². The summed E-state index contributed by atoms with van der Waals surface area (Å²) in [7, 11) is 1.93. The van der Waals surface area contributed by atoms with Crippen molar-refractivity contribution in [2.24, 2.45) is 0 Å². The van der Waals surface area contributed by atoms with Gasteiger partial charge < -0.3 is 30.8 Å². The highest BCUT2D eigenvalue weighted by Gasteiger charge is 2.49. The minimum Gasteiger partial charge on any atom is -0.508 e. The summed E-state index contributed by atoms with van der Waals surface area (Å²) in [6, 6.07) is 14.0. The third-order valence-corrected chi connectivity index (χ3v) is 5.62. The van der Waals surface area contributed by atoms with Gasteiger partial charge in [-0.1, -0.05) is 51.1 Å². The first-order valence-electron chi connectivity index (χ1n) is 12.8. The molecule has 9 heteroatoms. The van der Waals surface area contributed by atoms with Crippen LogP contribution in [0, 0.1) is 6.92 Å². The van der Waals surface area contributed by atoms with Crippen LogP contribution in [0.3, 0.4) is 0 Å². The van der Waals surface area contributed by atoms with Crippen LogP contribution in [-0.4, -0.2) is 66.6 Å². The number of phenols is 1. The van der Waals surface area contributed by atoms with E-state index in [1.54, 1.807) is 19.1 Å². The number of phenolic OH excluding ortho intramolecular Hbond substituents is 1. The van der Waals surface area contributed by atoms with Crippen molar-refractivity contribution in [3.05, 3.63) is 65.9 Å². The molecule has 4 rings (SSSR count). The molecule has 1 saturated heterocycles. The molecule has 3 aromatic rings. The van der Waals surface area contributed by atoms with Crippen molar-refractivity contribution in [1.29, 1.82) is 0 Å². The van der Waals surface area contributed by atoms with Gasteiger partial charge in [0.2, 0.25) is 12.3 Å². The lowest BCUT2D eigenvalue weighted by molar-refractivity contribution is -0.130. The van der Waals surface area contributed by atoms with Gasteiger partial charge in [-0.3, -0.25) is 14.4 Å². The molecular formula is C29H42N4O5. The molecule has 2 aromatic carbocycles. The Morgan fingerprint density at radius 3 is 2.29 bits per heavy atom. The molecule has 0 aliphatic carbocycles. The van der Waals surface area contributed by atoms with Crippen LogP contribution in [0.25, 0.3) is 10.9 Å². The molecule has 2 heterocycles. The van der Waals surface area contributed by atoms with Gasteiger partial charge in [0.25, 0.3) is 0 Å². The zero-order valence-corrected chi connectivity index (χ0v) is 23.3. The van der Waals surface area contributed by atoms with Crippen LogP contribution in [0.2, 0.25) is 0 Å². The number of aromatic amines is 1. The number of aryl methyl sites for hydroxylation is 1. The number of fused-ring (bicyclic) bond motifs is 1. The van der Waals surface area contributed by atoms with Crippen molar-refractivity contribution in [2.45, 2.75) is 52.7 Å². The van der Waals surface area contributed by atoms with Crippen molar-refractivity contribution in [3.8, 4) is 5.75 Å². The molecule has 2 atom stereocenters. The van der Waals surface area contributed by atoms with E-state index in [0.717, 1.165) is 12.1 Å². The van der Waals surface area contributed by atoms with Crippen molar-refractivity contribution < 1.29 is 24.2 Å². The minimum absolute atomic E-state index is 0.128. The van der Waals surface area contributed by atoms with Gasteiger partial charge in [-0.2, -0.15) is 0 Å². The summed E-state index contributed by atoms with van der Waals surface area (Å²) in [6.07, 6.45) is 2.73. The van der Waals surface area contributed by atoms with Crippen molar-refractivity contribution in [2.75, 3.05) is 26.7 Å². The van der Waals surface area contributed by atoms with E-state index in [-0.39, 0.29) is 24.5 Å². The van der Waals surface area contributed by atoms with Crippen LogP contribution >= 0.6 is 0 Å². The number of aromatic hydroxyl groups is 1. The molecule has 1 aliphatic rings. The van der Waals surface area contributed by atoms with Crippen LogP contribution < -0.4 is 16.0 Å².